The Morgan fingerprint density at radius 2 is 1.83 bits per heavy atom. The zero-order chi connectivity index (χ0) is 21.7. The fraction of sp³-hybridized carbons (Fsp3) is 0.348. The monoisotopic (exact) mass is 425 g/mol. The average Bonchev–Trinajstić information content (AvgIpc) is 2.74. The van der Waals surface area contributed by atoms with E-state index in [1.54, 1.807) is 17.7 Å². The molecule has 0 bridgehead atoms. The van der Waals surface area contributed by atoms with E-state index in [1.807, 2.05) is 49.4 Å². The number of benzene rings is 2. The Morgan fingerprint density at radius 3 is 2.57 bits per heavy atom. The molecule has 30 heavy (non-hydrogen) atoms. The maximum absolute atomic E-state index is 13.5. The standard InChI is InChI=1S/C23H27N3O3S/c1-15(2)17-9-6-8-12-20(17)26-22(28)18-10-5-7-11-19(18)25-23(26)30-16(3)21(27)24-13-14-29-4/h5-12,15-16H,13-14H2,1-4H3,(H,24,27)/t16-/m0/s1. The van der Waals surface area contributed by atoms with Crippen molar-refractivity contribution >= 4 is 28.6 Å². The van der Waals surface area contributed by atoms with Gasteiger partial charge in [-0.2, -0.15) is 0 Å². The Kier molecular flexibility index (Phi) is 7.29. The molecule has 0 unspecified atom stereocenters. The summed E-state index contributed by atoms with van der Waals surface area (Å²) < 4.78 is 6.63. The summed E-state index contributed by atoms with van der Waals surface area (Å²) in [4.78, 5) is 30.7. The molecule has 7 heteroatoms. The summed E-state index contributed by atoms with van der Waals surface area (Å²) in [5.41, 5.74) is 2.33. The van der Waals surface area contributed by atoms with E-state index in [4.69, 9.17) is 9.72 Å². The molecule has 2 aromatic carbocycles. The number of ether oxygens (including phenoxy) is 1. The summed E-state index contributed by atoms with van der Waals surface area (Å²) in [5.74, 6) is 0.107. The second kappa shape index (κ2) is 9.91. The van der Waals surface area contributed by atoms with Gasteiger partial charge in [-0.25, -0.2) is 4.98 Å². The second-order valence-electron chi connectivity index (χ2n) is 7.31. The van der Waals surface area contributed by atoms with E-state index in [1.165, 1.54) is 11.8 Å². The Balaban J connectivity index is 2.11. The van der Waals surface area contributed by atoms with Crippen LogP contribution >= 0.6 is 11.8 Å². The minimum atomic E-state index is -0.424. The number of thioether (sulfide) groups is 1. The molecule has 0 aliphatic carbocycles. The van der Waals surface area contributed by atoms with Gasteiger partial charge in [0, 0.05) is 13.7 Å². The smallest absolute Gasteiger partial charge is 0.266 e. The molecule has 1 amide bonds. The van der Waals surface area contributed by atoms with Crippen LogP contribution in [0.2, 0.25) is 0 Å². The molecule has 1 N–H and O–H groups in total. The predicted molar refractivity (Wildman–Crippen MR) is 122 cm³/mol. The minimum Gasteiger partial charge on any atom is -0.383 e. The zero-order valence-electron chi connectivity index (χ0n) is 17.7. The summed E-state index contributed by atoms with van der Waals surface area (Å²) in [6, 6.07) is 15.1. The molecule has 6 nitrogen and oxygen atoms in total. The highest BCUT2D eigenvalue weighted by Crippen LogP contribution is 2.29. The first-order valence-corrected chi connectivity index (χ1v) is 10.9. The van der Waals surface area contributed by atoms with Gasteiger partial charge in [0.2, 0.25) is 5.91 Å². The van der Waals surface area contributed by atoms with E-state index in [0.717, 1.165) is 11.3 Å². The maximum Gasteiger partial charge on any atom is 0.266 e. The van der Waals surface area contributed by atoms with Gasteiger partial charge in [-0.1, -0.05) is 55.9 Å². The van der Waals surface area contributed by atoms with Crippen molar-refractivity contribution < 1.29 is 9.53 Å². The van der Waals surface area contributed by atoms with Crippen LogP contribution in [0.4, 0.5) is 0 Å². The van der Waals surface area contributed by atoms with Crippen LogP contribution in [0, 0.1) is 0 Å². The fourth-order valence-electron chi connectivity index (χ4n) is 3.21. The number of fused-ring (bicyclic) bond motifs is 1. The van der Waals surface area contributed by atoms with Crippen LogP contribution in [0.1, 0.15) is 32.3 Å². The van der Waals surface area contributed by atoms with Crippen molar-refractivity contribution in [1.82, 2.24) is 14.9 Å². The minimum absolute atomic E-state index is 0.122. The Hall–Kier alpha value is -2.64. The number of carbonyl (C=O) groups excluding carboxylic acids is 1. The number of rotatable bonds is 8. The molecule has 0 aliphatic heterocycles. The van der Waals surface area contributed by atoms with Gasteiger partial charge in [0.1, 0.15) is 0 Å². The summed E-state index contributed by atoms with van der Waals surface area (Å²) >= 11 is 1.28. The van der Waals surface area contributed by atoms with Crippen LogP contribution in [0.25, 0.3) is 16.6 Å². The van der Waals surface area contributed by atoms with Gasteiger partial charge in [0.25, 0.3) is 5.56 Å². The number of hydrogen-bond acceptors (Lipinski definition) is 5. The van der Waals surface area contributed by atoms with E-state index in [9.17, 15) is 9.59 Å². The number of methoxy groups -OCH3 is 1. The van der Waals surface area contributed by atoms with E-state index in [0.29, 0.717) is 29.2 Å². The van der Waals surface area contributed by atoms with Crippen LogP contribution in [0.5, 0.6) is 0 Å². The van der Waals surface area contributed by atoms with Gasteiger partial charge in [0.15, 0.2) is 5.16 Å². The average molecular weight is 426 g/mol. The normalized spacial score (nSPS) is 12.3. The van der Waals surface area contributed by atoms with E-state index in [2.05, 4.69) is 19.2 Å². The van der Waals surface area contributed by atoms with Crippen molar-refractivity contribution in [2.45, 2.75) is 37.1 Å². The van der Waals surface area contributed by atoms with E-state index >= 15 is 0 Å². The van der Waals surface area contributed by atoms with Crippen molar-refractivity contribution in [3.8, 4) is 5.69 Å². The summed E-state index contributed by atoms with van der Waals surface area (Å²) in [6.45, 7) is 6.89. The number of para-hydroxylation sites is 2. The van der Waals surface area contributed by atoms with E-state index < -0.39 is 5.25 Å². The molecule has 3 rings (SSSR count). The van der Waals surface area contributed by atoms with Crippen LogP contribution in [0.3, 0.4) is 0 Å². The number of amides is 1. The molecule has 0 saturated carbocycles. The lowest BCUT2D eigenvalue weighted by molar-refractivity contribution is -0.120. The van der Waals surface area contributed by atoms with Gasteiger partial charge in [0.05, 0.1) is 28.4 Å². The zero-order valence-corrected chi connectivity index (χ0v) is 18.5. The highest BCUT2D eigenvalue weighted by molar-refractivity contribution is 8.00. The quantitative estimate of drug-likeness (QED) is 0.338. The first kappa shape index (κ1) is 22.1. The third kappa shape index (κ3) is 4.74. The molecule has 0 saturated heterocycles. The Labute approximate surface area is 180 Å². The first-order valence-electron chi connectivity index (χ1n) is 9.98. The molecule has 0 spiro atoms. The number of aromatic nitrogens is 2. The molecule has 158 valence electrons. The molecular weight excluding hydrogens is 398 g/mol. The number of carbonyl (C=O) groups is 1. The SMILES string of the molecule is COCCNC(=O)[C@H](C)Sc1nc2ccccc2c(=O)n1-c1ccccc1C(C)C. The molecule has 1 aromatic heterocycles. The van der Waals surface area contributed by atoms with Gasteiger partial charge < -0.3 is 10.1 Å². The first-order chi connectivity index (χ1) is 14.4. The fourth-order valence-corrected chi connectivity index (χ4v) is 4.16. The summed E-state index contributed by atoms with van der Waals surface area (Å²) in [7, 11) is 1.59. The third-order valence-electron chi connectivity index (χ3n) is 4.80. The molecular formula is C23H27N3O3S. The molecule has 1 atom stereocenters. The molecule has 0 aliphatic rings. The van der Waals surface area contributed by atoms with Gasteiger partial charge in [-0.05, 0) is 36.6 Å². The highest BCUT2D eigenvalue weighted by Gasteiger charge is 2.21. The van der Waals surface area contributed by atoms with Crippen LogP contribution in [-0.2, 0) is 9.53 Å². The maximum atomic E-state index is 13.5. The topological polar surface area (TPSA) is 73.2 Å². The second-order valence-corrected chi connectivity index (χ2v) is 8.62. The third-order valence-corrected chi connectivity index (χ3v) is 5.85. The van der Waals surface area contributed by atoms with Crippen molar-refractivity contribution in [3.63, 3.8) is 0 Å². The van der Waals surface area contributed by atoms with E-state index in [-0.39, 0.29) is 17.4 Å². The van der Waals surface area contributed by atoms with Gasteiger partial charge in [-0.3, -0.25) is 14.2 Å². The van der Waals surface area contributed by atoms with Crippen LogP contribution in [-0.4, -0.2) is 41.0 Å². The summed E-state index contributed by atoms with van der Waals surface area (Å²) in [6.07, 6.45) is 0. The lowest BCUT2D eigenvalue weighted by Gasteiger charge is -2.19. The number of hydrogen-bond donors (Lipinski definition) is 1. The van der Waals surface area contributed by atoms with Gasteiger partial charge >= 0.3 is 0 Å². The summed E-state index contributed by atoms with van der Waals surface area (Å²) in [5, 5.41) is 3.48. The Bertz CT molecular complexity index is 1090. The van der Waals surface area contributed by atoms with Crippen molar-refractivity contribution in [1.29, 1.82) is 0 Å². The molecule has 0 fully saturated rings. The van der Waals surface area contributed by atoms with Crippen molar-refractivity contribution in [2.75, 3.05) is 20.3 Å². The Morgan fingerprint density at radius 1 is 1.13 bits per heavy atom. The number of nitrogens with zero attached hydrogens (tertiary/aromatic N) is 2. The largest absolute Gasteiger partial charge is 0.383 e. The lowest BCUT2D eigenvalue weighted by Crippen LogP contribution is -2.34. The number of nitrogens with one attached hydrogen (secondary N) is 1. The van der Waals surface area contributed by atoms with Crippen LogP contribution in [0.15, 0.2) is 58.5 Å². The predicted octanol–water partition coefficient (Wildman–Crippen LogP) is 3.75. The molecule has 0 radical (unpaired) electrons. The van der Waals surface area contributed by atoms with Gasteiger partial charge in [-0.15, -0.1) is 0 Å². The molecule has 3 aromatic rings. The van der Waals surface area contributed by atoms with Crippen molar-refractivity contribution in [3.05, 3.63) is 64.4 Å². The lowest BCUT2D eigenvalue weighted by atomic mass is 10.0. The van der Waals surface area contributed by atoms with Crippen molar-refractivity contribution in [2.24, 2.45) is 0 Å². The molecule has 1 heterocycles. The van der Waals surface area contributed by atoms with Crippen LogP contribution < -0.4 is 10.9 Å². The highest BCUT2D eigenvalue weighted by atomic mass is 32.2.